The van der Waals surface area contributed by atoms with E-state index in [4.69, 9.17) is 14.2 Å². The summed E-state index contributed by atoms with van der Waals surface area (Å²) >= 11 is 0. The molecule has 6 nitrogen and oxygen atoms in total. The van der Waals surface area contributed by atoms with E-state index in [-0.39, 0.29) is 47.0 Å². The van der Waals surface area contributed by atoms with Gasteiger partial charge in [0.05, 0.1) is 6.42 Å². The molecule has 5 rings (SSSR count). The third kappa shape index (κ3) is 3.47. The van der Waals surface area contributed by atoms with Gasteiger partial charge in [0.1, 0.15) is 18.3 Å². The fourth-order valence-corrected chi connectivity index (χ4v) is 8.52. The first-order valence-electron chi connectivity index (χ1n) is 12.5. The molecule has 0 bridgehead atoms. The highest BCUT2D eigenvalue weighted by Gasteiger charge is 2.63. The quantitative estimate of drug-likeness (QED) is 0.341. The summed E-state index contributed by atoms with van der Waals surface area (Å²) in [6, 6.07) is 0. The van der Waals surface area contributed by atoms with Crippen molar-refractivity contribution in [3.8, 4) is 0 Å². The van der Waals surface area contributed by atoms with Crippen molar-refractivity contribution >= 4 is 17.9 Å². The molecular formula is C27H36O6. The maximum absolute atomic E-state index is 12.2. The van der Waals surface area contributed by atoms with Crippen LogP contribution in [0.1, 0.15) is 79.6 Å². The number of fused-ring (bicyclic) bond motifs is 7. The van der Waals surface area contributed by atoms with Crippen molar-refractivity contribution in [2.24, 2.45) is 28.6 Å². The van der Waals surface area contributed by atoms with Crippen molar-refractivity contribution in [1.29, 1.82) is 0 Å². The summed E-state index contributed by atoms with van der Waals surface area (Å²) in [5.74, 6) is 0.608. The maximum Gasteiger partial charge on any atom is 0.310 e. The molecule has 0 N–H and O–H groups in total. The number of carbonyl (C=O) groups is 3. The lowest BCUT2D eigenvalue weighted by Crippen LogP contribution is -2.54. The van der Waals surface area contributed by atoms with Gasteiger partial charge < -0.3 is 14.2 Å². The first-order chi connectivity index (χ1) is 15.5. The second-order valence-corrected chi connectivity index (χ2v) is 11.5. The van der Waals surface area contributed by atoms with Crippen LogP contribution in [0.4, 0.5) is 0 Å². The topological polar surface area (TPSA) is 78.9 Å². The lowest BCUT2D eigenvalue weighted by molar-refractivity contribution is -0.154. The fourth-order valence-electron chi connectivity index (χ4n) is 8.52. The molecular weight excluding hydrogens is 420 g/mol. The Labute approximate surface area is 196 Å². The van der Waals surface area contributed by atoms with Crippen LogP contribution in [0.3, 0.4) is 0 Å². The van der Waals surface area contributed by atoms with Crippen LogP contribution in [0.2, 0.25) is 0 Å². The molecule has 1 heterocycles. The summed E-state index contributed by atoms with van der Waals surface area (Å²) in [6.45, 7) is 9.71. The van der Waals surface area contributed by atoms with Crippen LogP contribution in [-0.4, -0.2) is 36.2 Å². The Hall–Kier alpha value is -2.11. The minimum atomic E-state index is -0.297. The van der Waals surface area contributed by atoms with Gasteiger partial charge in [-0.15, -0.1) is 0 Å². The lowest BCUT2D eigenvalue weighted by atomic mass is 9.46. The van der Waals surface area contributed by atoms with Crippen molar-refractivity contribution in [2.45, 2.75) is 97.9 Å². The number of hydrogen-bond acceptors (Lipinski definition) is 6. The van der Waals surface area contributed by atoms with Crippen LogP contribution in [0.15, 0.2) is 22.8 Å². The molecule has 5 aliphatic rings. The molecule has 0 spiro atoms. The smallest absolute Gasteiger partial charge is 0.310 e. The molecule has 8 atom stereocenters. The third-order valence-electron chi connectivity index (χ3n) is 9.63. The van der Waals surface area contributed by atoms with Gasteiger partial charge in [-0.2, -0.15) is 0 Å². The molecule has 0 amide bonds. The third-order valence-corrected chi connectivity index (χ3v) is 9.63. The van der Waals surface area contributed by atoms with Gasteiger partial charge in [0.2, 0.25) is 0 Å². The SMILES string of the molecule is CC(=O)OC1C=C2C(OC(C)=O)CC3C(CC[C@]4(C)C5=C(C)CC(=O)OC5CC34)[C@@]2(C)CC1. The summed E-state index contributed by atoms with van der Waals surface area (Å²) in [7, 11) is 0. The van der Waals surface area contributed by atoms with Gasteiger partial charge in [0, 0.05) is 13.8 Å². The van der Waals surface area contributed by atoms with Crippen LogP contribution in [0.25, 0.3) is 0 Å². The zero-order chi connectivity index (χ0) is 23.7. The number of ether oxygens (including phenoxy) is 3. The molecule has 6 unspecified atom stereocenters. The highest BCUT2D eigenvalue weighted by atomic mass is 16.6. The maximum atomic E-state index is 12.2. The molecule has 0 aromatic heterocycles. The normalized spacial score (nSPS) is 43.9. The van der Waals surface area contributed by atoms with E-state index >= 15 is 0 Å². The molecule has 180 valence electrons. The average molecular weight is 457 g/mol. The van der Waals surface area contributed by atoms with E-state index in [1.165, 1.54) is 25.0 Å². The van der Waals surface area contributed by atoms with Crippen molar-refractivity contribution in [3.05, 3.63) is 22.8 Å². The van der Waals surface area contributed by atoms with Crippen molar-refractivity contribution in [3.63, 3.8) is 0 Å². The average Bonchev–Trinajstić information content (AvgIpc) is 3.00. The summed E-state index contributed by atoms with van der Waals surface area (Å²) in [6.07, 6.45) is 7.39. The van der Waals surface area contributed by atoms with Crippen LogP contribution in [-0.2, 0) is 28.6 Å². The van der Waals surface area contributed by atoms with Crippen LogP contribution < -0.4 is 0 Å². The second-order valence-electron chi connectivity index (χ2n) is 11.5. The van der Waals surface area contributed by atoms with E-state index in [0.29, 0.717) is 24.2 Å². The summed E-state index contributed by atoms with van der Waals surface area (Å²) in [4.78, 5) is 35.9. The second kappa shape index (κ2) is 7.71. The molecule has 3 saturated carbocycles. The zero-order valence-electron chi connectivity index (χ0n) is 20.4. The van der Waals surface area contributed by atoms with Crippen LogP contribution >= 0.6 is 0 Å². The molecule has 3 fully saturated rings. The van der Waals surface area contributed by atoms with Crippen molar-refractivity contribution < 1.29 is 28.6 Å². The number of esters is 3. The van der Waals surface area contributed by atoms with E-state index in [1.807, 2.05) is 0 Å². The van der Waals surface area contributed by atoms with Gasteiger partial charge in [-0.3, -0.25) is 14.4 Å². The molecule has 0 aromatic rings. The Morgan fingerprint density at radius 1 is 1.00 bits per heavy atom. The Morgan fingerprint density at radius 2 is 1.70 bits per heavy atom. The largest absolute Gasteiger partial charge is 0.458 e. The van der Waals surface area contributed by atoms with Crippen molar-refractivity contribution in [1.82, 2.24) is 0 Å². The van der Waals surface area contributed by atoms with E-state index in [0.717, 1.165) is 44.1 Å². The van der Waals surface area contributed by atoms with Gasteiger partial charge in [0.25, 0.3) is 0 Å². The van der Waals surface area contributed by atoms with Gasteiger partial charge in [0.15, 0.2) is 0 Å². The van der Waals surface area contributed by atoms with Gasteiger partial charge in [-0.25, -0.2) is 0 Å². The standard InChI is InChI=1S/C27H36O6/c1-14-10-24(30)33-23-13-20-18-12-22(32-16(3)29)21-11-17(31-15(2)28)6-8-26(21,4)19(18)7-9-27(20,5)25(14)23/h11,17-20,22-23H,6-10,12-13H2,1-5H3/t17?,18?,19?,20?,22?,23?,26-,27+/m1/s1. The summed E-state index contributed by atoms with van der Waals surface area (Å²) in [5.41, 5.74) is 3.64. The Morgan fingerprint density at radius 3 is 2.39 bits per heavy atom. The molecule has 6 heteroatoms. The van der Waals surface area contributed by atoms with Crippen molar-refractivity contribution in [2.75, 3.05) is 0 Å². The van der Waals surface area contributed by atoms with E-state index in [9.17, 15) is 14.4 Å². The molecule has 0 aromatic carbocycles. The van der Waals surface area contributed by atoms with Gasteiger partial charge >= 0.3 is 17.9 Å². The predicted octanol–water partition coefficient (Wildman–Crippen LogP) is 4.66. The fraction of sp³-hybridized carbons (Fsp3) is 0.741. The van der Waals surface area contributed by atoms with E-state index in [1.54, 1.807) is 0 Å². The van der Waals surface area contributed by atoms with E-state index < -0.39 is 0 Å². The van der Waals surface area contributed by atoms with Gasteiger partial charge in [-0.1, -0.05) is 19.4 Å². The highest BCUT2D eigenvalue weighted by Crippen LogP contribution is 2.68. The lowest BCUT2D eigenvalue weighted by Gasteiger charge is -2.59. The summed E-state index contributed by atoms with van der Waals surface area (Å²) < 4.78 is 17.3. The van der Waals surface area contributed by atoms with Gasteiger partial charge in [-0.05, 0) is 91.3 Å². The van der Waals surface area contributed by atoms with Crippen LogP contribution in [0.5, 0.6) is 0 Å². The minimum absolute atomic E-state index is 0.0317. The first-order valence-corrected chi connectivity index (χ1v) is 12.5. The first kappa shape index (κ1) is 22.7. The van der Waals surface area contributed by atoms with E-state index in [2.05, 4.69) is 26.8 Å². The Bertz CT molecular complexity index is 962. The highest BCUT2D eigenvalue weighted by molar-refractivity contribution is 5.75. The molecule has 0 saturated heterocycles. The minimum Gasteiger partial charge on any atom is -0.458 e. The Kier molecular flexibility index (Phi) is 5.30. The number of hydrogen-bond donors (Lipinski definition) is 0. The van der Waals surface area contributed by atoms with Crippen LogP contribution in [0, 0.1) is 28.6 Å². The monoisotopic (exact) mass is 456 g/mol. The molecule has 4 aliphatic carbocycles. The summed E-state index contributed by atoms with van der Waals surface area (Å²) in [5, 5.41) is 0. The molecule has 0 radical (unpaired) electrons. The molecule has 33 heavy (non-hydrogen) atoms. The predicted molar refractivity (Wildman–Crippen MR) is 121 cm³/mol. The zero-order valence-corrected chi connectivity index (χ0v) is 20.4. The number of carbonyl (C=O) groups excluding carboxylic acids is 3. The Balaban J connectivity index is 1.53. The molecule has 1 aliphatic heterocycles. The number of rotatable bonds is 2.